The molecule has 0 spiro atoms. The number of aromatic nitrogens is 2. The maximum absolute atomic E-state index is 4.85. The molecule has 2 heterocycles. The Labute approximate surface area is 122 Å². The minimum Gasteiger partial charge on any atom is -0.312 e. The fourth-order valence-electron chi connectivity index (χ4n) is 2.74. The van der Waals surface area contributed by atoms with E-state index in [1.54, 1.807) is 22.7 Å². The van der Waals surface area contributed by atoms with Crippen molar-refractivity contribution in [2.45, 2.75) is 39.7 Å². The van der Waals surface area contributed by atoms with Crippen molar-refractivity contribution in [3.05, 3.63) is 21.0 Å². The third-order valence-corrected chi connectivity index (χ3v) is 5.64. The van der Waals surface area contributed by atoms with Crippen molar-refractivity contribution < 1.29 is 0 Å². The average molecular weight is 293 g/mol. The summed E-state index contributed by atoms with van der Waals surface area (Å²) in [5.41, 5.74) is 2.63. The van der Waals surface area contributed by atoms with Crippen LogP contribution in [0.25, 0.3) is 10.7 Å². The van der Waals surface area contributed by atoms with Crippen LogP contribution in [0.15, 0.2) is 5.38 Å². The maximum atomic E-state index is 4.85. The molecule has 1 N–H and O–H groups in total. The topological polar surface area (TPSA) is 37.8 Å². The second-order valence-corrected chi connectivity index (χ2v) is 8.06. The molecule has 2 aromatic heterocycles. The number of hydrogen-bond donors (Lipinski definition) is 1. The molecule has 1 atom stereocenters. The lowest BCUT2D eigenvalue weighted by Gasteiger charge is -2.34. The summed E-state index contributed by atoms with van der Waals surface area (Å²) in [4.78, 5) is 10.8. The standard InChI is InChI=1S/C14H19N3S2/c1-8-16-11(7-18-8)13-17-10-6-14(2,3)5-9(15-4)12(10)19-13/h7,9,15H,5-6H2,1-4H3. The minimum atomic E-state index is 0.323. The maximum Gasteiger partial charge on any atom is 0.143 e. The molecule has 1 aliphatic rings. The highest BCUT2D eigenvalue weighted by Crippen LogP contribution is 2.44. The summed E-state index contributed by atoms with van der Waals surface area (Å²) >= 11 is 3.50. The van der Waals surface area contributed by atoms with E-state index < -0.39 is 0 Å². The highest BCUT2D eigenvalue weighted by molar-refractivity contribution is 7.16. The van der Waals surface area contributed by atoms with Crippen LogP contribution in [0.5, 0.6) is 0 Å². The van der Waals surface area contributed by atoms with Crippen LogP contribution in [-0.2, 0) is 6.42 Å². The Hall–Kier alpha value is -0.780. The van der Waals surface area contributed by atoms with E-state index in [4.69, 9.17) is 4.98 Å². The lowest BCUT2D eigenvalue weighted by atomic mass is 9.76. The number of aryl methyl sites for hydroxylation is 1. The van der Waals surface area contributed by atoms with Gasteiger partial charge in [0, 0.05) is 16.3 Å². The highest BCUT2D eigenvalue weighted by Gasteiger charge is 2.34. The Balaban J connectivity index is 2.02. The molecule has 102 valence electrons. The van der Waals surface area contributed by atoms with E-state index in [1.165, 1.54) is 17.0 Å². The molecule has 3 nitrogen and oxygen atoms in total. The molecule has 0 radical (unpaired) electrons. The van der Waals surface area contributed by atoms with Crippen LogP contribution in [0.1, 0.15) is 41.9 Å². The minimum absolute atomic E-state index is 0.323. The summed E-state index contributed by atoms with van der Waals surface area (Å²) in [6, 6.07) is 0.435. The SMILES string of the molecule is CNC1CC(C)(C)Cc2nc(-c3csc(C)n3)sc21. The monoisotopic (exact) mass is 293 g/mol. The summed E-state index contributed by atoms with van der Waals surface area (Å²) in [5, 5.41) is 7.73. The van der Waals surface area contributed by atoms with Crippen molar-refractivity contribution in [2.24, 2.45) is 5.41 Å². The van der Waals surface area contributed by atoms with Gasteiger partial charge in [-0.3, -0.25) is 0 Å². The quantitative estimate of drug-likeness (QED) is 0.915. The van der Waals surface area contributed by atoms with Crippen LogP contribution in [-0.4, -0.2) is 17.0 Å². The third kappa shape index (κ3) is 2.47. The van der Waals surface area contributed by atoms with E-state index in [2.05, 4.69) is 29.5 Å². The molecule has 2 aromatic rings. The Morgan fingerprint density at radius 2 is 2.16 bits per heavy atom. The predicted molar refractivity (Wildman–Crippen MR) is 81.9 cm³/mol. The van der Waals surface area contributed by atoms with Gasteiger partial charge in [-0.1, -0.05) is 13.8 Å². The molecule has 5 heteroatoms. The summed E-state index contributed by atoms with van der Waals surface area (Å²) in [6.45, 7) is 6.69. The van der Waals surface area contributed by atoms with Crippen LogP contribution in [0, 0.1) is 12.3 Å². The number of rotatable bonds is 2. The third-order valence-electron chi connectivity index (χ3n) is 3.63. The van der Waals surface area contributed by atoms with Crippen LogP contribution in [0.3, 0.4) is 0 Å². The normalized spacial score (nSPS) is 21.4. The first-order valence-corrected chi connectivity index (χ1v) is 8.27. The molecule has 1 unspecified atom stereocenters. The largest absolute Gasteiger partial charge is 0.312 e. The molecular weight excluding hydrogens is 274 g/mol. The van der Waals surface area contributed by atoms with Crippen LogP contribution in [0.2, 0.25) is 0 Å². The van der Waals surface area contributed by atoms with Gasteiger partial charge in [-0.15, -0.1) is 22.7 Å². The molecular formula is C14H19N3S2. The molecule has 19 heavy (non-hydrogen) atoms. The van der Waals surface area contributed by atoms with Gasteiger partial charge >= 0.3 is 0 Å². The van der Waals surface area contributed by atoms with E-state index >= 15 is 0 Å². The van der Waals surface area contributed by atoms with E-state index in [9.17, 15) is 0 Å². The van der Waals surface area contributed by atoms with E-state index in [-0.39, 0.29) is 0 Å². The van der Waals surface area contributed by atoms with Crippen LogP contribution < -0.4 is 5.32 Å². The Bertz CT molecular complexity index is 598. The summed E-state index contributed by atoms with van der Waals surface area (Å²) in [5.74, 6) is 0. The number of thiazole rings is 2. The summed E-state index contributed by atoms with van der Waals surface area (Å²) in [7, 11) is 2.04. The zero-order valence-electron chi connectivity index (χ0n) is 11.8. The fourth-order valence-corrected chi connectivity index (χ4v) is 4.56. The van der Waals surface area contributed by atoms with Crippen LogP contribution >= 0.6 is 22.7 Å². The molecule has 0 aliphatic heterocycles. The van der Waals surface area contributed by atoms with Gasteiger partial charge < -0.3 is 5.32 Å². The molecule has 1 aliphatic carbocycles. The Morgan fingerprint density at radius 1 is 1.37 bits per heavy atom. The summed E-state index contributed by atoms with van der Waals surface area (Å²) < 4.78 is 0. The smallest absolute Gasteiger partial charge is 0.143 e. The molecule has 0 aromatic carbocycles. The Morgan fingerprint density at radius 3 is 2.79 bits per heavy atom. The van der Waals surface area contributed by atoms with Crippen molar-refractivity contribution in [1.29, 1.82) is 0 Å². The molecule has 0 bridgehead atoms. The van der Waals surface area contributed by atoms with E-state index in [0.717, 1.165) is 22.1 Å². The zero-order valence-corrected chi connectivity index (χ0v) is 13.4. The highest BCUT2D eigenvalue weighted by atomic mass is 32.1. The molecule has 3 rings (SSSR count). The van der Waals surface area contributed by atoms with Crippen molar-refractivity contribution in [3.63, 3.8) is 0 Å². The summed E-state index contributed by atoms with van der Waals surface area (Å²) in [6.07, 6.45) is 2.24. The van der Waals surface area contributed by atoms with Gasteiger partial charge in [-0.2, -0.15) is 0 Å². The van der Waals surface area contributed by atoms with Gasteiger partial charge in [0.1, 0.15) is 10.7 Å². The van der Waals surface area contributed by atoms with Gasteiger partial charge in [0.2, 0.25) is 0 Å². The van der Waals surface area contributed by atoms with Gasteiger partial charge in [0.25, 0.3) is 0 Å². The molecule has 0 saturated heterocycles. The lowest BCUT2D eigenvalue weighted by Crippen LogP contribution is -2.30. The van der Waals surface area contributed by atoms with Crippen molar-refractivity contribution in [3.8, 4) is 10.7 Å². The van der Waals surface area contributed by atoms with Gasteiger partial charge in [-0.25, -0.2) is 9.97 Å². The first-order chi connectivity index (χ1) is 8.98. The molecule has 0 saturated carbocycles. The van der Waals surface area contributed by atoms with Gasteiger partial charge in [0.05, 0.1) is 10.7 Å². The van der Waals surface area contributed by atoms with Gasteiger partial charge in [0.15, 0.2) is 0 Å². The number of hydrogen-bond acceptors (Lipinski definition) is 5. The van der Waals surface area contributed by atoms with Crippen LogP contribution in [0.4, 0.5) is 0 Å². The predicted octanol–water partition coefficient (Wildman–Crippen LogP) is 3.81. The lowest BCUT2D eigenvalue weighted by molar-refractivity contribution is 0.265. The fraction of sp³-hybridized carbons (Fsp3) is 0.571. The zero-order chi connectivity index (χ0) is 13.6. The second kappa shape index (κ2) is 4.65. The first-order valence-electron chi connectivity index (χ1n) is 6.58. The van der Waals surface area contributed by atoms with Crippen molar-refractivity contribution in [1.82, 2.24) is 15.3 Å². The van der Waals surface area contributed by atoms with Gasteiger partial charge in [-0.05, 0) is 32.2 Å². The van der Waals surface area contributed by atoms with E-state index in [1.807, 2.05) is 14.0 Å². The van der Waals surface area contributed by atoms with Crippen molar-refractivity contribution in [2.75, 3.05) is 7.05 Å². The number of nitrogens with one attached hydrogen (secondary N) is 1. The second-order valence-electron chi connectivity index (χ2n) is 5.97. The number of fused-ring (bicyclic) bond motifs is 1. The van der Waals surface area contributed by atoms with E-state index in [0.29, 0.717) is 11.5 Å². The average Bonchev–Trinajstić information content (AvgIpc) is 2.92. The number of nitrogens with zero attached hydrogens (tertiary/aromatic N) is 2. The van der Waals surface area contributed by atoms with Crippen molar-refractivity contribution >= 4 is 22.7 Å². The molecule has 0 fully saturated rings. The Kier molecular flexibility index (Phi) is 3.23. The first kappa shape index (κ1) is 13.2. The molecule has 0 amide bonds.